The van der Waals surface area contributed by atoms with E-state index in [4.69, 9.17) is 9.47 Å². The lowest BCUT2D eigenvalue weighted by Gasteiger charge is -2.25. The normalized spacial score (nSPS) is 27.7. The zero-order chi connectivity index (χ0) is 41.3. The lowest BCUT2D eigenvalue weighted by Crippen LogP contribution is -2.52. The van der Waals surface area contributed by atoms with Gasteiger partial charge >= 0.3 is 11.9 Å². The maximum absolute atomic E-state index is 14.3. The Kier molecular flexibility index (Phi) is 15.1. The van der Waals surface area contributed by atoms with Crippen LogP contribution < -0.4 is 21.3 Å². The van der Waals surface area contributed by atoms with Crippen molar-refractivity contribution in [3.8, 4) is 0 Å². The molecule has 4 fully saturated rings. The molecule has 57 heavy (non-hydrogen) atoms. The number of amides is 4. The molecule has 15 nitrogen and oxygen atoms in total. The number of epoxide rings is 1. The number of esters is 1. The molecule has 0 radical (unpaired) electrons. The number of rotatable bonds is 20. The van der Waals surface area contributed by atoms with Crippen LogP contribution in [0.2, 0.25) is 0 Å². The second-order valence-electron chi connectivity index (χ2n) is 16.5. The molecule has 4 aliphatic heterocycles. The summed E-state index contributed by atoms with van der Waals surface area (Å²) in [6.45, 7) is 18.4. The molecule has 1 aromatic rings. The Morgan fingerprint density at radius 2 is 1.96 bits per heavy atom. The van der Waals surface area contributed by atoms with Gasteiger partial charge in [-0.15, -0.1) is 11.3 Å². The van der Waals surface area contributed by atoms with E-state index in [-0.39, 0.29) is 77.2 Å². The first-order chi connectivity index (χ1) is 27.2. The molecule has 0 spiro atoms. The molecule has 4 amide bonds. The second kappa shape index (κ2) is 19.6. The zero-order valence-electron chi connectivity index (χ0n) is 34.0. The molecule has 5 rings (SSSR count). The Bertz CT molecular complexity index is 1740. The third-order valence-corrected chi connectivity index (χ3v) is 12.2. The molecular formula is C41H60N7O8S+. The Hall–Kier alpha value is -4.09. The number of thiazole rings is 1. The predicted molar refractivity (Wildman–Crippen MR) is 215 cm³/mol. The van der Waals surface area contributed by atoms with E-state index >= 15 is 0 Å². The molecule has 4 aliphatic rings. The second-order valence-corrected chi connectivity index (χ2v) is 17.6. The smallest absolute Gasteiger partial charge is 0.337 e. The molecule has 16 heteroatoms. The summed E-state index contributed by atoms with van der Waals surface area (Å²) in [4.78, 5) is 83.9. The van der Waals surface area contributed by atoms with Crippen LogP contribution in [0.4, 0.5) is 0 Å². The van der Waals surface area contributed by atoms with E-state index < -0.39 is 29.5 Å². The Morgan fingerprint density at radius 1 is 1.21 bits per heavy atom. The van der Waals surface area contributed by atoms with Gasteiger partial charge in [0.2, 0.25) is 11.8 Å². The summed E-state index contributed by atoms with van der Waals surface area (Å²) in [5, 5.41) is 12.2. The van der Waals surface area contributed by atoms with Gasteiger partial charge in [-0.1, -0.05) is 45.6 Å². The summed E-state index contributed by atoms with van der Waals surface area (Å²) < 4.78 is 11.2. The van der Waals surface area contributed by atoms with Crippen LogP contribution in [0, 0.1) is 11.8 Å². The summed E-state index contributed by atoms with van der Waals surface area (Å²) in [7, 11) is 0. The van der Waals surface area contributed by atoms with Crippen molar-refractivity contribution in [2.45, 2.75) is 103 Å². The molecule has 0 bridgehead atoms. The number of aldehydes is 1. The zero-order valence-corrected chi connectivity index (χ0v) is 34.8. The number of ether oxygens (including phenoxy) is 2. The molecule has 0 aromatic carbocycles. The number of aromatic nitrogens is 1. The number of hydrogen-bond acceptors (Lipinski definition) is 12. The number of piperazine rings is 1. The summed E-state index contributed by atoms with van der Waals surface area (Å²) in [5.41, 5.74) is 1.13. The fraction of sp³-hybridized carbons (Fsp3) is 0.634. The van der Waals surface area contributed by atoms with Crippen LogP contribution in [-0.2, 0) is 40.1 Å². The van der Waals surface area contributed by atoms with Crippen LogP contribution in [0.25, 0.3) is 0 Å². The average molecular weight is 811 g/mol. The Labute approximate surface area is 339 Å². The first-order valence-electron chi connectivity index (χ1n) is 20.1. The largest absolute Gasteiger partial charge is 0.457 e. The minimum absolute atomic E-state index is 0.0302. The number of allylic oxidation sites excluding steroid dienone is 3. The Morgan fingerprint density at radius 3 is 2.65 bits per heavy atom. The highest BCUT2D eigenvalue weighted by Gasteiger charge is 2.65. The first-order valence-corrected chi connectivity index (χ1v) is 20.9. The van der Waals surface area contributed by atoms with Crippen molar-refractivity contribution in [1.82, 2.24) is 31.2 Å². The summed E-state index contributed by atoms with van der Waals surface area (Å²) >= 11 is 1.08. The SMILES string of the molecule is C=C1CC(NC(=O)CC(CC(C)C)NC(=O)CNC(=O)c2cnc(COC(=O)CN3CCNCC3)s2)C(=O)[N+]2(CCC(C)CC3OC3(C)C=O)CC2C1=CC=CC. The maximum atomic E-state index is 14.3. The van der Waals surface area contributed by atoms with Gasteiger partial charge in [-0.3, -0.25) is 24.1 Å². The highest BCUT2D eigenvalue weighted by molar-refractivity contribution is 7.13. The first kappa shape index (κ1) is 44.0. The van der Waals surface area contributed by atoms with E-state index in [2.05, 4.69) is 39.8 Å². The molecule has 312 valence electrons. The summed E-state index contributed by atoms with van der Waals surface area (Å²) in [6.07, 6.45) is 10.3. The molecule has 5 heterocycles. The number of fused-ring (bicyclic) bond motifs is 1. The van der Waals surface area contributed by atoms with Crippen molar-refractivity contribution in [1.29, 1.82) is 0 Å². The molecule has 0 saturated carbocycles. The monoisotopic (exact) mass is 810 g/mol. The van der Waals surface area contributed by atoms with Gasteiger partial charge in [0.1, 0.15) is 34.7 Å². The minimum Gasteiger partial charge on any atom is -0.457 e. The lowest BCUT2D eigenvalue weighted by atomic mass is 9.96. The predicted octanol–water partition coefficient (Wildman–Crippen LogP) is 2.19. The number of quaternary nitrogens is 1. The van der Waals surface area contributed by atoms with Crippen LogP contribution >= 0.6 is 11.3 Å². The van der Waals surface area contributed by atoms with Gasteiger partial charge in [0.05, 0.1) is 31.9 Å². The van der Waals surface area contributed by atoms with Crippen LogP contribution in [-0.4, -0.2) is 132 Å². The van der Waals surface area contributed by atoms with Crippen molar-refractivity contribution in [3.63, 3.8) is 0 Å². The van der Waals surface area contributed by atoms with E-state index in [0.29, 0.717) is 30.9 Å². The van der Waals surface area contributed by atoms with E-state index in [1.54, 1.807) is 6.92 Å². The molecule has 4 saturated heterocycles. The number of nitrogens with zero attached hydrogens (tertiary/aromatic N) is 3. The van der Waals surface area contributed by atoms with Crippen molar-refractivity contribution in [3.05, 3.63) is 52.0 Å². The van der Waals surface area contributed by atoms with E-state index in [0.717, 1.165) is 67.8 Å². The maximum Gasteiger partial charge on any atom is 0.337 e. The van der Waals surface area contributed by atoms with Crippen LogP contribution in [0.3, 0.4) is 0 Å². The molecule has 4 N–H and O–H groups in total. The van der Waals surface area contributed by atoms with Gasteiger partial charge in [0, 0.05) is 50.6 Å². The van der Waals surface area contributed by atoms with Gasteiger partial charge in [0.25, 0.3) is 5.91 Å². The highest BCUT2D eigenvalue weighted by atomic mass is 32.1. The lowest BCUT2D eigenvalue weighted by molar-refractivity contribution is -0.732. The quantitative estimate of drug-likeness (QED) is 0.0655. The van der Waals surface area contributed by atoms with Crippen LogP contribution in [0.1, 0.15) is 81.4 Å². The minimum atomic E-state index is -0.776. The van der Waals surface area contributed by atoms with E-state index in [9.17, 15) is 28.8 Å². The third kappa shape index (κ3) is 12.0. The molecule has 7 unspecified atom stereocenters. The third-order valence-electron chi connectivity index (χ3n) is 11.2. The van der Waals surface area contributed by atoms with E-state index in [1.165, 1.54) is 6.20 Å². The molecular weight excluding hydrogens is 751 g/mol. The highest BCUT2D eigenvalue weighted by Crippen LogP contribution is 2.46. The summed E-state index contributed by atoms with van der Waals surface area (Å²) in [5.74, 6) is -1.32. The standard InChI is InChI=1S/C41H59N7O8S/c1-7-8-9-30-28(5)18-31(40(54)48(23-32(30)48)15-10-27(4)17-34-41(6,25-49)56-34)46-35(50)19-29(16-26(2)3)45-36(51)21-44-39(53)33-20-43-37(57-33)24-55-38(52)22-47-13-11-42-12-14-47/h7-9,20,25-27,29,31-32,34,42H,5,10-19,21-24H2,1-4,6H3,(H2-,44,45,46,50,51,53)/p+1. The molecule has 0 aliphatic carbocycles. The number of carbonyl (C=O) groups is 6. The van der Waals surface area contributed by atoms with Gasteiger partial charge in [0.15, 0.2) is 12.3 Å². The topological polar surface area (TPSA) is 188 Å². The Balaban J connectivity index is 1.12. The van der Waals surface area contributed by atoms with Gasteiger partial charge in [-0.2, -0.15) is 0 Å². The number of carbonyl (C=O) groups excluding carboxylic acids is 6. The van der Waals surface area contributed by atoms with Crippen LogP contribution in [0.15, 0.2) is 42.2 Å². The van der Waals surface area contributed by atoms with Crippen molar-refractivity contribution >= 4 is 47.2 Å². The van der Waals surface area contributed by atoms with E-state index in [1.807, 2.05) is 43.9 Å². The van der Waals surface area contributed by atoms with Crippen molar-refractivity contribution in [2.75, 3.05) is 52.4 Å². The van der Waals surface area contributed by atoms with Gasteiger partial charge < -0.3 is 35.5 Å². The average Bonchev–Trinajstić information content (AvgIpc) is 3.99. The van der Waals surface area contributed by atoms with Crippen molar-refractivity contribution in [2.24, 2.45) is 11.8 Å². The van der Waals surface area contributed by atoms with Crippen molar-refractivity contribution < 1.29 is 42.7 Å². The fourth-order valence-corrected chi connectivity index (χ4v) is 8.59. The molecule has 1 aromatic heterocycles. The summed E-state index contributed by atoms with van der Waals surface area (Å²) in [6, 6.07) is -1.34. The van der Waals surface area contributed by atoms with Crippen LogP contribution in [0.5, 0.6) is 0 Å². The van der Waals surface area contributed by atoms with Gasteiger partial charge in [-0.25, -0.2) is 14.3 Å². The number of nitrogens with one attached hydrogen (secondary N) is 4. The molecule has 7 atom stereocenters. The van der Waals surface area contributed by atoms with Gasteiger partial charge in [-0.05, 0) is 50.5 Å². The number of hydrogen-bond donors (Lipinski definition) is 4. The fourth-order valence-electron chi connectivity index (χ4n) is 7.85.